The molecule has 108 valence electrons. The molecule has 0 atom stereocenters. The van der Waals surface area contributed by atoms with Crippen LogP contribution in [-0.2, 0) is 9.53 Å². The molecule has 1 aliphatic rings. The number of carbonyl (C=O) groups excluding carboxylic acids is 2. The van der Waals surface area contributed by atoms with E-state index < -0.39 is 17.2 Å². The highest BCUT2D eigenvalue weighted by Gasteiger charge is 2.54. The molecule has 0 radical (unpaired) electrons. The Bertz CT molecular complexity index is 390. The molecule has 1 amide bonds. The van der Waals surface area contributed by atoms with Crippen molar-refractivity contribution in [3.8, 4) is 0 Å². The van der Waals surface area contributed by atoms with Gasteiger partial charge in [-0.3, -0.25) is 9.69 Å². The smallest absolute Gasteiger partial charge is 0.410 e. The van der Waals surface area contributed by atoms with Crippen molar-refractivity contribution in [3.05, 3.63) is 12.3 Å². The summed E-state index contributed by atoms with van der Waals surface area (Å²) in [6.45, 7) is 5.43. The summed E-state index contributed by atoms with van der Waals surface area (Å²) in [5.74, 6) is -0.0467. The zero-order valence-corrected chi connectivity index (χ0v) is 12.7. The SMILES string of the molecule is CN(C)/C=C/C(=O)C1(N(C)C(=O)OC(C)(C)C)CC1. The van der Waals surface area contributed by atoms with Crippen LogP contribution in [0.1, 0.15) is 33.6 Å². The van der Waals surface area contributed by atoms with Crippen LogP contribution in [0.5, 0.6) is 0 Å². The number of ketones is 1. The van der Waals surface area contributed by atoms with E-state index in [4.69, 9.17) is 4.74 Å². The van der Waals surface area contributed by atoms with E-state index in [-0.39, 0.29) is 5.78 Å². The standard InChI is InChI=1S/C14H24N2O3/c1-13(2,3)19-12(18)16(6)14(8-9-14)11(17)7-10-15(4)5/h7,10H,8-9H2,1-6H3/b10-7+. The minimum Gasteiger partial charge on any atom is -0.444 e. The fourth-order valence-electron chi connectivity index (χ4n) is 1.74. The average Bonchev–Trinajstić information content (AvgIpc) is 3.03. The van der Waals surface area contributed by atoms with Crippen molar-refractivity contribution < 1.29 is 14.3 Å². The zero-order chi connectivity index (χ0) is 14.8. The predicted octanol–water partition coefficient (Wildman–Crippen LogP) is 2.03. The number of hydrogen-bond acceptors (Lipinski definition) is 4. The molecule has 1 fully saturated rings. The van der Waals surface area contributed by atoms with Gasteiger partial charge in [-0.15, -0.1) is 0 Å². The van der Waals surface area contributed by atoms with Gasteiger partial charge in [-0.1, -0.05) is 0 Å². The summed E-state index contributed by atoms with van der Waals surface area (Å²) in [7, 11) is 5.32. The van der Waals surface area contributed by atoms with Gasteiger partial charge in [-0.2, -0.15) is 0 Å². The Morgan fingerprint density at radius 3 is 2.05 bits per heavy atom. The highest BCUT2D eigenvalue weighted by atomic mass is 16.6. The van der Waals surface area contributed by atoms with Gasteiger partial charge < -0.3 is 9.64 Å². The van der Waals surface area contributed by atoms with Crippen molar-refractivity contribution in [2.75, 3.05) is 21.1 Å². The summed E-state index contributed by atoms with van der Waals surface area (Å²) in [4.78, 5) is 27.4. The molecular formula is C14H24N2O3. The highest BCUT2D eigenvalue weighted by Crippen LogP contribution is 2.42. The number of amides is 1. The Morgan fingerprint density at radius 1 is 1.16 bits per heavy atom. The van der Waals surface area contributed by atoms with E-state index in [1.54, 1.807) is 18.1 Å². The molecule has 1 rings (SSSR count). The average molecular weight is 268 g/mol. The van der Waals surface area contributed by atoms with E-state index >= 15 is 0 Å². The summed E-state index contributed by atoms with van der Waals surface area (Å²) in [6, 6.07) is 0. The molecule has 1 aliphatic carbocycles. The van der Waals surface area contributed by atoms with Crippen LogP contribution in [-0.4, -0.2) is 54.0 Å². The first kappa shape index (κ1) is 15.5. The second-order valence-corrected chi connectivity index (χ2v) is 6.21. The maximum absolute atomic E-state index is 12.2. The van der Waals surface area contributed by atoms with Crippen molar-refractivity contribution in [2.24, 2.45) is 0 Å². The van der Waals surface area contributed by atoms with E-state index in [0.29, 0.717) is 12.8 Å². The Kier molecular flexibility index (Phi) is 4.28. The van der Waals surface area contributed by atoms with Gasteiger partial charge in [0.25, 0.3) is 0 Å². The number of likely N-dealkylation sites (N-methyl/N-ethyl adjacent to an activating group) is 1. The minimum atomic E-state index is -0.700. The largest absolute Gasteiger partial charge is 0.444 e. The third-order valence-electron chi connectivity index (χ3n) is 3.02. The predicted molar refractivity (Wildman–Crippen MR) is 73.8 cm³/mol. The van der Waals surface area contributed by atoms with Crippen LogP contribution < -0.4 is 0 Å². The molecule has 0 aromatic heterocycles. The molecular weight excluding hydrogens is 244 g/mol. The maximum Gasteiger partial charge on any atom is 0.410 e. The summed E-state index contributed by atoms with van der Waals surface area (Å²) < 4.78 is 5.30. The van der Waals surface area contributed by atoms with E-state index in [9.17, 15) is 9.59 Å². The monoisotopic (exact) mass is 268 g/mol. The molecule has 19 heavy (non-hydrogen) atoms. The quantitative estimate of drug-likeness (QED) is 0.732. The topological polar surface area (TPSA) is 49.9 Å². The van der Waals surface area contributed by atoms with Crippen LogP contribution in [0.4, 0.5) is 4.79 Å². The Labute approximate surface area is 115 Å². The van der Waals surface area contributed by atoms with E-state index in [2.05, 4.69) is 0 Å². The summed E-state index contributed by atoms with van der Waals surface area (Å²) in [5.41, 5.74) is -1.25. The van der Waals surface area contributed by atoms with Crippen LogP contribution in [0, 0.1) is 0 Å². The van der Waals surface area contributed by atoms with Gasteiger partial charge in [0.2, 0.25) is 0 Å². The lowest BCUT2D eigenvalue weighted by molar-refractivity contribution is -0.120. The van der Waals surface area contributed by atoms with Gasteiger partial charge in [-0.05, 0) is 39.7 Å². The van der Waals surface area contributed by atoms with E-state index in [0.717, 1.165) is 0 Å². The fraction of sp³-hybridized carbons (Fsp3) is 0.714. The Balaban J connectivity index is 2.73. The van der Waals surface area contributed by atoms with Crippen LogP contribution >= 0.6 is 0 Å². The Hall–Kier alpha value is -1.52. The fourth-order valence-corrected chi connectivity index (χ4v) is 1.74. The van der Waals surface area contributed by atoms with Crippen molar-refractivity contribution >= 4 is 11.9 Å². The molecule has 0 saturated heterocycles. The lowest BCUT2D eigenvalue weighted by atomic mass is 10.1. The van der Waals surface area contributed by atoms with E-state index in [1.165, 1.54) is 11.0 Å². The van der Waals surface area contributed by atoms with Gasteiger partial charge in [0.05, 0.1) is 0 Å². The molecule has 0 unspecified atom stereocenters. The second-order valence-electron chi connectivity index (χ2n) is 6.21. The summed E-state index contributed by atoms with van der Waals surface area (Å²) >= 11 is 0. The first-order valence-electron chi connectivity index (χ1n) is 6.44. The van der Waals surface area contributed by atoms with Crippen molar-refractivity contribution in [3.63, 3.8) is 0 Å². The Morgan fingerprint density at radius 2 is 1.68 bits per heavy atom. The molecule has 5 heteroatoms. The van der Waals surface area contributed by atoms with Gasteiger partial charge in [0, 0.05) is 27.3 Å². The minimum absolute atomic E-state index is 0.0467. The van der Waals surface area contributed by atoms with Gasteiger partial charge >= 0.3 is 6.09 Å². The molecule has 1 saturated carbocycles. The lowest BCUT2D eigenvalue weighted by Crippen LogP contribution is -2.46. The first-order valence-corrected chi connectivity index (χ1v) is 6.44. The number of nitrogens with zero attached hydrogens (tertiary/aromatic N) is 2. The number of ether oxygens (including phenoxy) is 1. The van der Waals surface area contributed by atoms with Gasteiger partial charge in [-0.25, -0.2) is 4.79 Å². The summed E-state index contributed by atoms with van der Waals surface area (Å²) in [6.07, 6.45) is 4.16. The molecule has 0 N–H and O–H groups in total. The first-order chi connectivity index (χ1) is 8.58. The van der Waals surface area contributed by atoms with Gasteiger partial charge in [0.1, 0.15) is 11.1 Å². The van der Waals surface area contributed by atoms with E-state index in [1.807, 2.05) is 34.9 Å². The number of rotatable bonds is 4. The third kappa shape index (κ3) is 3.98. The van der Waals surface area contributed by atoms with Crippen molar-refractivity contribution in [1.82, 2.24) is 9.80 Å². The van der Waals surface area contributed by atoms with Crippen LogP contribution in [0.25, 0.3) is 0 Å². The molecule has 0 spiro atoms. The van der Waals surface area contributed by atoms with Crippen LogP contribution in [0.3, 0.4) is 0 Å². The molecule has 0 aromatic rings. The molecule has 0 aromatic carbocycles. The third-order valence-corrected chi connectivity index (χ3v) is 3.02. The molecule has 0 aliphatic heterocycles. The summed E-state index contributed by atoms with van der Waals surface area (Å²) in [5, 5.41) is 0. The van der Waals surface area contributed by atoms with Crippen LogP contribution in [0.2, 0.25) is 0 Å². The molecule has 0 heterocycles. The number of carbonyl (C=O) groups is 2. The normalized spacial score (nSPS) is 17.2. The lowest BCUT2D eigenvalue weighted by Gasteiger charge is -2.29. The van der Waals surface area contributed by atoms with Gasteiger partial charge in [0.15, 0.2) is 5.78 Å². The molecule has 0 bridgehead atoms. The molecule has 5 nitrogen and oxygen atoms in total. The van der Waals surface area contributed by atoms with Crippen molar-refractivity contribution in [2.45, 2.75) is 44.8 Å². The maximum atomic E-state index is 12.2. The highest BCUT2D eigenvalue weighted by molar-refractivity contribution is 6.02. The zero-order valence-electron chi connectivity index (χ0n) is 12.7. The van der Waals surface area contributed by atoms with Crippen LogP contribution in [0.15, 0.2) is 12.3 Å². The second kappa shape index (κ2) is 5.23. The van der Waals surface area contributed by atoms with Crippen molar-refractivity contribution in [1.29, 1.82) is 0 Å². The number of hydrogen-bond donors (Lipinski definition) is 0.